The molecule has 0 aromatic carbocycles. The van der Waals surface area contributed by atoms with Crippen LogP contribution in [0, 0.1) is 22.7 Å². The van der Waals surface area contributed by atoms with Gasteiger partial charge in [0.1, 0.15) is 19.5 Å². The van der Waals surface area contributed by atoms with Crippen LogP contribution in [0.4, 0.5) is 0 Å². The van der Waals surface area contributed by atoms with E-state index in [1.165, 1.54) is 0 Å². The number of amides is 1. The van der Waals surface area contributed by atoms with Gasteiger partial charge in [-0.15, -0.1) is 0 Å². The lowest BCUT2D eigenvalue weighted by Crippen LogP contribution is -2.33. The topological polar surface area (TPSA) is 105 Å². The third-order valence-electron chi connectivity index (χ3n) is 1.18. The Bertz CT molecular complexity index is 270. The highest BCUT2D eigenvalue weighted by Crippen LogP contribution is 1.93. The van der Waals surface area contributed by atoms with Crippen LogP contribution in [0.1, 0.15) is 6.42 Å². The molecule has 0 unspecified atom stereocenters. The van der Waals surface area contributed by atoms with Crippen LogP contribution in [0.5, 0.6) is 0 Å². The molecule has 0 saturated heterocycles. The first-order chi connectivity index (χ1) is 6.11. The highest BCUT2D eigenvalue weighted by atomic mass is 16.4. The highest BCUT2D eigenvalue weighted by molar-refractivity contribution is 5.93. The molecule has 0 heterocycles. The van der Waals surface area contributed by atoms with Crippen LogP contribution >= 0.6 is 0 Å². The largest absolute Gasteiger partial charge is 0.481 e. The second kappa shape index (κ2) is 5.56. The van der Waals surface area contributed by atoms with Crippen LogP contribution in [0.2, 0.25) is 0 Å². The number of nitriles is 2. The van der Waals surface area contributed by atoms with E-state index >= 15 is 0 Å². The fraction of sp³-hybridized carbons (Fsp3) is 0.429. The molecule has 0 bridgehead atoms. The summed E-state index contributed by atoms with van der Waals surface area (Å²) in [6.45, 7) is -0.528. The molecular formula is C7H7N3O3. The second-order valence-electron chi connectivity index (χ2n) is 2.14. The molecule has 0 aromatic heterocycles. The maximum Gasteiger partial charge on any atom is 0.312 e. The second-order valence-corrected chi connectivity index (χ2v) is 2.14. The first-order valence-corrected chi connectivity index (χ1v) is 3.35. The zero-order chi connectivity index (χ0) is 10.3. The molecule has 13 heavy (non-hydrogen) atoms. The molecule has 6 heteroatoms. The van der Waals surface area contributed by atoms with Gasteiger partial charge in [-0.2, -0.15) is 10.5 Å². The summed E-state index contributed by atoms with van der Waals surface area (Å²) < 4.78 is 0. The van der Waals surface area contributed by atoms with Crippen LogP contribution < -0.4 is 0 Å². The Kier molecular flexibility index (Phi) is 4.67. The van der Waals surface area contributed by atoms with Crippen molar-refractivity contribution in [3.05, 3.63) is 0 Å². The Morgan fingerprint density at radius 3 is 2.00 bits per heavy atom. The number of hydrogen-bond acceptors (Lipinski definition) is 4. The van der Waals surface area contributed by atoms with Gasteiger partial charge in [0.15, 0.2) is 0 Å². The van der Waals surface area contributed by atoms with Crippen molar-refractivity contribution in [3.63, 3.8) is 0 Å². The van der Waals surface area contributed by atoms with E-state index in [1.807, 2.05) is 0 Å². The van der Waals surface area contributed by atoms with Crippen LogP contribution in [0.3, 0.4) is 0 Å². The number of carboxylic acids is 1. The van der Waals surface area contributed by atoms with E-state index in [-0.39, 0.29) is 13.1 Å². The van der Waals surface area contributed by atoms with Crippen molar-refractivity contribution in [2.45, 2.75) is 6.42 Å². The summed E-state index contributed by atoms with van der Waals surface area (Å²) >= 11 is 0. The van der Waals surface area contributed by atoms with E-state index in [9.17, 15) is 9.59 Å². The molecule has 0 atom stereocenters. The van der Waals surface area contributed by atoms with E-state index in [1.54, 1.807) is 12.1 Å². The highest BCUT2D eigenvalue weighted by Gasteiger charge is 2.15. The minimum Gasteiger partial charge on any atom is -0.481 e. The van der Waals surface area contributed by atoms with Gasteiger partial charge in [0.05, 0.1) is 12.1 Å². The molecule has 0 spiro atoms. The molecule has 0 aliphatic rings. The monoisotopic (exact) mass is 181 g/mol. The zero-order valence-corrected chi connectivity index (χ0v) is 6.73. The van der Waals surface area contributed by atoms with Crippen molar-refractivity contribution in [2.24, 2.45) is 0 Å². The Morgan fingerprint density at radius 2 is 1.69 bits per heavy atom. The lowest BCUT2D eigenvalue weighted by atomic mass is 10.3. The summed E-state index contributed by atoms with van der Waals surface area (Å²) in [5.41, 5.74) is 0. The fourth-order valence-corrected chi connectivity index (χ4v) is 0.644. The van der Waals surface area contributed by atoms with E-state index in [4.69, 9.17) is 15.6 Å². The van der Waals surface area contributed by atoms with Crippen LogP contribution in [-0.2, 0) is 9.59 Å². The molecule has 0 aliphatic heterocycles. The van der Waals surface area contributed by atoms with Crippen molar-refractivity contribution in [1.82, 2.24) is 4.90 Å². The lowest BCUT2D eigenvalue weighted by Gasteiger charge is -2.13. The molecule has 68 valence electrons. The first kappa shape index (κ1) is 10.9. The maximum absolute atomic E-state index is 11.0. The quantitative estimate of drug-likeness (QED) is 0.457. The molecule has 0 saturated carbocycles. The van der Waals surface area contributed by atoms with Gasteiger partial charge in [-0.3, -0.25) is 9.59 Å². The Labute approximate surface area is 74.6 Å². The van der Waals surface area contributed by atoms with Crippen LogP contribution in [0.25, 0.3) is 0 Å². The molecule has 1 N–H and O–H groups in total. The van der Waals surface area contributed by atoms with Crippen LogP contribution in [0.15, 0.2) is 0 Å². The predicted octanol–water partition coefficient (Wildman–Crippen LogP) is -0.663. The molecule has 0 aliphatic carbocycles. The summed E-state index contributed by atoms with van der Waals surface area (Å²) in [5.74, 6) is -2.00. The lowest BCUT2D eigenvalue weighted by molar-refractivity contribution is -0.143. The minimum atomic E-state index is -1.27. The summed E-state index contributed by atoms with van der Waals surface area (Å²) in [7, 11) is 0. The van der Waals surface area contributed by atoms with Gasteiger partial charge in [-0.05, 0) is 0 Å². The summed E-state index contributed by atoms with van der Waals surface area (Å²) in [6, 6.07) is 3.34. The van der Waals surface area contributed by atoms with Gasteiger partial charge in [0.25, 0.3) is 0 Å². The van der Waals surface area contributed by atoms with Gasteiger partial charge in [-0.25, -0.2) is 0 Å². The summed E-state index contributed by atoms with van der Waals surface area (Å²) in [6.07, 6.45) is -0.691. The van der Waals surface area contributed by atoms with Gasteiger partial charge < -0.3 is 10.0 Å². The molecular weight excluding hydrogens is 174 g/mol. The van der Waals surface area contributed by atoms with E-state index in [0.29, 0.717) is 0 Å². The number of carboxylic acid groups (broad SMARTS) is 1. The smallest absolute Gasteiger partial charge is 0.312 e. The van der Waals surface area contributed by atoms with Crippen molar-refractivity contribution in [1.29, 1.82) is 10.5 Å². The third kappa shape index (κ3) is 4.38. The normalized spacial score (nSPS) is 8.15. The van der Waals surface area contributed by atoms with E-state index in [0.717, 1.165) is 4.90 Å². The fourth-order valence-electron chi connectivity index (χ4n) is 0.644. The standard InChI is InChI=1S/C7H7N3O3/c8-1-3-10(4-2-9)6(11)5-7(12)13/h3-5H2,(H,12,13). The number of rotatable bonds is 4. The van der Waals surface area contributed by atoms with E-state index < -0.39 is 18.3 Å². The van der Waals surface area contributed by atoms with E-state index in [2.05, 4.69) is 0 Å². The molecule has 1 amide bonds. The van der Waals surface area contributed by atoms with Crippen molar-refractivity contribution >= 4 is 11.9 Å². The first-order valence-electron chi connectivity index (χ1n) is 3.35. The number of nitrogens with zero attached hydrogens (tertiary/aromatic N) is 3. The van der Waals surface area contributed by atoms with Crippen molar-refractivity contribution in [2.75, 3.05) is 13.1 Å². The predicted molar refractivity (Wildman–Crippen MR) is 40.1 cm³/mol. The number of carbonyl (C=O) groups excluding carboxylic acids is 1. The van der Waals surface area contributed by atoms with Crippen molar-refractivity contribution < 1.29 is 14.7 Å². The SMILES string of the molecule is N#CCN(CC#N)C(=O)CC(=O)O. The third-order valence-corrected chi connectivity index (χ3v) is 1.18. The van der Waals surface area contributed by atoms with Crippen molar-refractivity contribution in [3.8, 4) is 12.1 Å². The molecule has 0 fully saturated rings. The Balaban J connectivity index is 4.22. The van der Waals surface area contributed by atoms with Gasteiger partial charge >= 0.3 is 5.97 Å². The number of hydrogen-bond donors (Lipinski definition) is 1. The maximum atomic E-state index is 11.0. The molecule has 0 radical (unpaired) electrons. The van der Waals surface area contributed by atoms with Gasteiger partial charge in [0.2, 0.25) is 5.91 Å². The molecule has 6 nitrogen and oxygen atoms in total. The average Bonchev–Trinajstić information content (AvgIpc) is 2.02. The van der Waals surface area contributed by atoms with Crippen LogP contribution in [-0.4, -0.2) is 35.0 Å². The number of carbonyl (C=O) groups is 2. The Morgan fingerprint density at radius 1 is 1.23 bits per heavy atom. The van der Waals surface area contributed by atoms with Gasteiger partial charge in [-0.1, -0.05) is 0 Å². The minimum absolute atomic E-state index is 0.264. The average molecular weight is 181 g/mol. The Hall–Kier alpha value is -2.08. The molecule has 0 aromatic rings. The summed E-state index contributed by atoms with van der Waals surface area (Å²) in [4.78, 5) is 22.0. The summed E-state index contributed by atoms with van der Waals surface area (Å²) in [5, 5.41) is 24.7. The van der Waals surface area contributed by atoms with Gasteiger partial charge in [0, 0.05) is 0 Å². The number of aliphatic carboxylic acids is 1. The molecule has 0 rings (SSSR count). The zero-order valence-electron chi connectivity index (χ0n) is 6.73.